The zero-order valence-electron chi connectivity index (χ0n) is 9.92. The highest BCUT2D eigenvalue weighted by molar-refractivity contribution is 7.86. The normalized spacial score (nSPS) is 18.2. The molecule has 9 nitrogen and oxygen atoms in total. The summed E-state index contributed by atoms with van der Waals surface area (Å²) in [6.45, 7) is 0. The maximum absolute atomic E-state index is 11.9. The topological polar surface area (TPSA) is 132 Å². The fourth-order valence-electron chi connectivity index (χ4n) is 2.15. The molecule has 0 atom stereocenters. The first-order valence-corrected chi connectivity index (χ1v) is 6.79. The van der Waals surface area contributed by atoms with E-state index in [0.717, 1.165) is 24.3 Å². The Morgan fingerprint density at radius 1 is 1.20 bits per heavy atom. The molecular weight excluding hydrogens is 292 g/mol. The van der Waals surface area contributed by atoms with Crippen molar-refractivity contribution in [1.82, 2.24) is 3.89 Å². The van der Waals surface area contributed by atoms with Crippen molar-refractivity contribution in [3.05, 3.63) is 34.4 Å². The van der Waals surface area contributed by atoms with Gasteiger partial charge >= 0.3 is 22.1 Å². The first-order valence-electron chi connectivity index (χ1n) is 5.39. The minimum Gasteiger partial charge on any atom is -0.258 e. The van der Waals surface area contributed by atoms with E-state index >= 15 is 0 Å². The van der Waals surface area contributed by atoms with Crippen LogP contribution in [0.1, 0.15) is 12.8 Å². The van der Waals surface area contributed by atoms with Gasteiger partial charge in [0.25, 0.3) is 5.69 Å². The van der Waals surface area contributed by atoms with Crippen LogP contribution in [0.25, 0.3) is 0 Å². The number of benzene rings is 1. The number of amides is 2. The lowest BCUT2D eigenvalue weighted by Crippen LogP contribution is -2.57. The quantitative estimate of drug-likeness (QED) is 0.283. The van der Waals surface area contributed by atoms with Crippen LogP contribution >= 0.6 is 0 Å². The van der Waals surface area contributed by atoms with Gasteiger partial charge in [0.1, 0.15) is 0 Å². The van der Waals surface area contributed by atoms with Gasteiger partial charge in [0.2, 0.25) is 0 Å². The van der Waals surface area contributed by atoms with Crippen molar-refractivity contribution in [1.29, 1.82) is 0 Å². The molecule has 0 unspecified atom stereocenters. The lowest BCUT2D eigenvalue weighted by atomic mass is 10.2. The van der Waals surface area contributed by atoms with Crippen molar-refractivity contribution in [3.8, 4) is 0 Å². The second-order valence-corrected chi connectivity index (χ2v) is 5.56. The fourth-order valence-corrected chi connectivity index (χ4v) is 3.23. The van der Waals surface area contributed by atoms with E-state index in [1.54, 1.807) is 0 Å². The molecule has 106 valence electrons. The van der Waals surface area contributed by atoms with Crippen LogP contribution in [0.3, 0.4) is 0 Å². The van der Waals surface area contributed by atoms with E-state index in [4.69, 9.17) is 0 Å². The van der Waals surface area contributed by atoms with Gasteiger partial charge in [0, 0.05) is 12.1 Å². The first-order chi connectivity index (χ1) is 9.21. The number of carbonyl (C=O) groups is 2. The number of rotatable bonds is 3. The second kappa shape index (κ2) is 4.44. The number of nitrogens with zero attached hydrogens (tertiary/aromatic N) is 2. The number of non-ortho nitro benzene ring substituents is 1. The highest BCUT2D eigenvalue weighted by Crippen LogP contribution is 2.36. The molecule has 2 rings (SSSR count). The van der Waals surface area contributed by atoms with Gasteiger partial charge in [0.15, 0.2) is 5.69 Å². The monoisotopic (exact) mass is 301 g/mol. The number of hydrogen-bond acceptors (Lipinski definition) is 6. The third-order valence-electron chi connectivity index (χ3n) is 3.01. The zero-order chi connectivity index (χ0) is 15.1. The van der Waals surface area contributed by atoms with E-state index in [2.05, 4.69) is 0 Å². The molecule has 0 saturated carbocycles. The molecule has 2 amide bonds. The molecule has 0 bridgehead atoms. The standard InChI is InChI=1S/C10H8N2O7S/c13-9-4-5-10(14)12(9,20(17,18)19)8-3-1-2-7(6-8)11(15)16/h1-3,6H,4-5H2/p+1. The first kappa shape index (κ1) is 14.2. The van der Waals surface area contributed by atoms with E-state index in [9.17, 15) is 32.7 Å². The van der Waals surface area contributed by atoms with Crippen LogP contribution in [0, 0.1) is 10.1 Å². The third-order valence-corrected chi connectivity index (χ3v) is 4.32. The number of hydrogen-bond donors (Lipinski definition) is 1. The molecule has 1 aromatic carbocycles. The van der Waals surface area contributed by atoms with Gasteiger partial charge in [-0.2, -0.15) is 0 Å². The molecule has 1 fully saturated rings. The van der Waals surface area contributed by atoms with Crippen molar-refractivity contribution >= 4 is 33.5 Å². The molecule has 0 radical (unpaired) electrons. The Kier molecular flexibility index (Phi) is 3.16. The van der Waals surface area contributed by atoms with Gasteiger partial charge in [-0.3, -0.25) is 10.1 Å². The largest absolute Gasteiger partial charge is 0.452 e. The maximum atomic E-state index is 11.9. The Bertz CT molecular complexity index is 709. The number of imide groups is 1. The van der Waals surface area contributed by atoms with Crippen LogP contribution in [0.5, 0.6) is 0 Å². The van der Waals surface area contributed by atoms with Gasteiger partial charge in [-0.25, -0.2) is 14.1 Å². The number of quaternary nitrogens is 1. The molecule has 1 aliphatic rings. The SMILES string of the molecule is O=C1CCC(=O)[N+]1(c1cccc([N+](=O)[O-])c1)S(=O)(=O)O. The van der Waals surface area contributed by atoms with E-state index in [1.165, 1.54) is 0 Å². The van der Waals surface area contributed by atoms with E-state index in [1.807, 2.05) is 0 Å². The average Bonchev–Trinajstić information content (AvgIpc) is 2.65. The summed E-state index contributed by atoms with van der Waals surface area (Å²) in [6, 6.07) is 4.07. The summed E-state index contributed by atoms with van der Waals surface area (Å²) >= 11 is 0. The summed E-state index contributed by atoms with van der Waals surface area (Å²) in [5, 5.41) is 10.7. The van der Waals surface area contributed by atoms with Crippen LogP contribution < -0.4 is 3.89 Å². The second-order valence-electron chi connectivity index (χ2n) is 4.12. The highest BCUT2D eigenvalue weighted by atomic mass is 32.2. The number of nitro benzene ring substituents is 1. The van der Waals surface area contributed by atoms with Crippen LogP contribution in [0.4, 0.5) is 11.4 Å². The zero-order valence-corrected chi connectivity index (χ0v) is 10.7. The van der Waals surface area contributed by atoms with E-state index in [-0.39, 0.29) is 12.8 Å². The molecule has 1 aromatic rings. The predicted octanol–water partition coefficient (Wildman–Crippen LogP) is 0.552. The molecular formula is C10H9N2O7S+. The van der Waals surface area contributed by atoms with Crippen LogP contribution in [0.15, 0.2) is 24.3 Å². The number of nitro groups is 1. The summed E-state index contributed by atoms with van der Waals surface area (Å²) in [4.78, 5) is 33.7. The average molecular weight is 301 g/mol. The van der Waals surface area contributed by atoms with Gasteiger partial charge in [0.05, 0.1) is 23.8 Å². The van der Waals surface area contributed by atoms with Crippen molar-refractivity contribution < 1.29 is 27.5 Å². The van der Waals surface area contributed by atoms with Gasteiger partial charge in [-0.05, 0) is 9.95 Å². The van der Waals surface area contributed by atoms with E-state index in [0.29, 0.717) is 0 Å². The molecule has 20 heavy (non-hydrogen) atoms. The number of carbonyl (C=O) groups excluding carboxylic acids is 2. The van der Waals surface area contributed by atoms with Crippen molar-refractivity contribution in [2.24, 2.45) is 0 Å². The van der Waals surface area contributed by atoms with Crippen molar-refractivity contribution in [2.45, 2.75) is 12.8 Å². The molecule has 10 heteroatoms. The fraction of sp³-hybridized carbons (Fsp3) is 0.200. The summed E-state index contributed by atoms with van der Waals surface area (Å²) in [6.07, 6.45) is -0.720. The highest BCUT2D eigenvalue weighted by Gasteiger charge is 2.61. The van der Waals surface area contributed by atoms with Crippen molar-refractivity contribution in [2.75, 3.05) is 0 Å². The molecule has 0 spiro atoms. The molecule has 1 saturated heterocycles. The lowest BCUT2D eigenvalue weighted by molar-refractivity contribution is -0.384. The molecule has 1 heterocycles. The summed E-state index contributed by atoms with van der Waals surface area (Å²) < 4.78 is 30.6. The van der Waals surface area contributed by atoms with Gasteiger partial charge < -0.3 is 0 Å². The Morgan fingerprint density at radius 2 is 1.75 bits per heavy atom. The predicted molar refractivity (Wildman–Crippen MR) is 65.7 cm³/mol. The third kappa shape index (κ3) is 1.81. The van der Waals surface area contributed by atoms with Gasteiger partial charge in [-0.1, -0.05) is 0 Å². The Balaban J connectivity index is 2.78. The Morgan fingerprint density at radius 3 is 2.20 bits per heavy atom. The minimum absolute atomic E-state index is 0.360. The Hall–Kier alpha value is -2.17. The summed E-state index contributed by atoms with van der Waals surface area (Å²) in [5.74, 6) is -2.09. The van der Waals surface area contributed by atoms with Gasteiger partial charge in [-0.15, -0.1) is 8.42 Å². The summed E-state index contributed by atoms with van der Waals surface area (Å²) in [5.41, 5.74) is -0.953. The van der Waals surface area contributed by atoms with Crippen LogP contribution in [0.2, 0.25) is 0 Å². The Labute approximate surface area is 113 Å². The molecule has 0 aliphatic carbocycles. The lowest BCUT2D eigenvalue weighted by Gasteiger charge is -2.22. The molecule has 1 aliphatic heterocycles. The smallest absolute Gasteiger partial charge is 0.258 e. The minimum atomic E-state index is -5.14. The van der Waals surface area contributed by atoms with Crippen LogP contribution in [-0.2, 0) is 19.9 Å². The molecule has 1 N–H and O–H groups in total. The van der Waals surface area contributed by atoms with E-state index < -0.39 is 42.3 Å². The maximum Gasteiger partial charge on any atom is 0.452 e. The van der Waals surface area contributed by atoms with Crippen LogP contribution in [-0.4, -0.2) is 29.7 Å². The summed E-state index contributed by atoms with van der Waals surface area (Å²) in [7, 11) is -5.14. The van der Waals surface area contributed by atoms with Crippen molar-refractivity contribution in [3.63, 3.8) is 0 Å². The molecule has 0 aromatic heterocycles.